The van der Waals surface area contributed by atoms with Crippen LogP contribution in [0.3, 0.4) is 0 Å². The molecule has 1 aliphatic carbocycles. The lowest BCUT2D eigenvalue weighted by Crippen LogP contribution is -2.15. The van der Waals surface area contributed by atoms with Crippen LogP contribution < -0.4 is 5.32 Å². The van der Waals surface area contributed by atoms with E-state index in [0.29, 0.717) is 0 Å². The topological polar surface area (TPSA) is 27.8 Å². The van der Waals surface area contributed by atoms with Crippen molar-refractivity contribution < 1.29 is 0 Å². The molecule has 2 heteroatoms. The Morgan fingerprint density at radius 3 is 2.75 bits per heavy atom. The number of aryl methyl sites for hydroxylation is 2. The van der Waals surface area contributed by atoms with Crippen LogP contribution in [0, 0.1) is 13.8 Å². The van der Waals surface area contributed by atoms with E-state index in [1.807, 2.05) is 0 Å². The molecule has 66 valence electrons. The number of aromatic nitrogens is 1. The van der Waals surface area contributed by atoms with Crippen molar-refractivity contribution in [3.63, 3.8) is 0 Å². The van der Waals surface area contributed by atoms with Crippen LogP contribution in [0.4, 0.5) is 0 Å². The van der Waals surface area contributed by atoms with Crippen molar-refractivity contribution in [2.24, 2.45) is 0 Å². The Labute approximate surface area is 73.4 Å². The average molecular weight is 164 g/mol. The molecule has 0 aromatic carbocycles. The lowest BCUT2D eigenvalue weighted by molar-refractivity contribution is 0.685. The Kier molecular flexibility index (Phi) is 1.93. The zero-order valence-electron chi connectivity index (χ0n) is 7.78. The van der Waals surface area contributed by atoms with Crippen LogP contribution in [0.5, 0.6) is 0 Å². The summed E-state index contributed by atoms with van der Waals surface area (Å²) in [7, 11) is 0. The van der Waals surface area contributed by atoms with E-state index >= 15 is 0 Å². The third-order valence-electron chi connectivity index (χ3n) is 2.42. The smallest absolute Gasteiger partial charge is 0.0225 e. The predicted molar refractivity (Wildman–Crippen MR) is 50.1 cm³/mol. The maximum atomic E-state index is 3.51. The molecule has 0 bridgehead atoms. The van der Waals surface area contributed by atoms with Crippen molar-refractivity contribution in [3.05, 3.63) is 23.0 Å². The first-order valence-electron chi connectivity index (χ1n) is 4.64. The molecule has 0 aliphatic heterocycles. The molecule has 0 radical (unpaired) electrons. The van der Waals surface area contributed by atoms with Crippen LogP contribution in [-0.2, 0) is 6.54 Å². The molecule has 12 heavy (non-hydrogen) atoms. The molecule has 1 aliphatic rings. The van der Waals surface area contributed by atoms with E-state index in [9.17, 15) is 0 Å². The van der Waals surface area contributed by atoms with Crippen molar-refractivity contribution in [3.8, 4) is 0 Å². The normalized spacial score (nSPS) is 16.8. The lowest BCUT2D eigenvalue weighted by Gasteiger charge is -2.00. The van der Waals surface area contributed by atoms with Gasteiger partial charge in [-0.2, -0.15) is 0 Å². The quantitative estimate of drug-likeness (QED) is 0.701. The molecule has 2 N–H and O–H groups in total. The van der Waals surface area contributed by atoms with Gasteiger partial charge in [-0.15, -0.1) is 0 Å². The van der Waals surface area contributed by atoms with Crippen LogP contribution in [-0.4, -0.2) is 11.0 Å². The second kappa shape index (κ2) is 2.94. The monoisotopic (exact) mass is 164 g/mol. The number of hydrogen-bond acceptors (Lipinski definition) is 1. The molecular formula is C10H16N2. The van der Waals surface area contributed by atoms with Gasteiger partial charge >= 0.3 is 0 Å². The Hall–Kier alpha value is -0.760. The fourth-order valence-electron chi connectivity index (χ4n) is 1.51. The summed E-state index contributed by atoms with van der Waals surface area (Å²) in [5.41, 5.74) is 3.99. The van der Waals surface area contributed by atoms with Gasteiger partial charge in [0, 0.05) is 24.0 Å². The number of nitrogens with one attached hydrogen (secondary N) is 2. The first-order valence-corrected chi connectivity index (χ1v) is 4.64. The zero-order chi connectivity index (χ0) is 8.55. The van der Waals surface area contributed by atoms with Gasteiger partial charge in [-0.05, 0) is 38.3 Å². The van der Waals surface area contributed by atoms with Gasteiger partial charge in [0.1, 0.15) is 0 Å². The average Bonchev–Trinajstić information content (AvgIpc) is 2.76. The zero-order valence-corrected chi connectivity index (χ0v) is 7.78. The summed E-state index contributed by atoms with van der Waals surface area (Å²) >= 11 is 0. The number of H-pyrrole nitrogens is 1. The Morgan fingerprint density at radius 1 is 1.50 bits per heavy atom. The molecule has 0 unspecified atom stereocenters. The molecule has 0 saturated heterocycles. The Balaban J connectivity index is 1.96. The largest absolute Gasteiger partial charge is 0.362 e. The van der Waals surface area contributed by atoms with E-state index in [1.54, 1.807) is 0 Å². The third-order valence-corrected chi connectivity index (χ3v) is 2.42. The van der Waals surface area contributed by atoms with E-state index in [4.69, 9.17) is 0 Å². The molecule has 0 spiro atoms. The number of rotatable bonds is 3. The highest BCUT2D eigenvalue weighted by Gasteiger charge is 2.20. The van der Waals surface area contributed by atoms with Gasteiger partial charge in [0.05, 0.1) is 0 Å². The van der Waals surface area contributed by atoms with E-state index < -0.39 is 0 Å². The van der Waals surface area contributed by atoms with Gasteiger partial charge in [0.2, 0.25) is 0 Å². The van der Waals surface area contributed by atoms with E-state index in [-0.39, 0.29) is 0 Å². The molecule has 1 fully saturated rings. The molecule has 1 heterocycles. The summed E-state index contributed by atoms with van der Waals surface area (Å²) in [6.45, 7) is 5.27. The van der Waals surface area contributed by atoms with E-state index in [1.165, 1.54) is 29.8 Å². The van der Waals surface area contributed by atoms with Crippen LogP contribution in [0.15, 0.2) is 6.07 Å². The Bertz CT molecular complexity index is 271. The van der Waals surface area contributed by atoms with Crippen LogP contribution in [0.25, 0.3) is 0 Å². The van der Waals surface area contributed by atoms with Crippen molar-refractivity contribution in [1.82, 2.24) is 10.3 Å². The second-order valence-electron chi connectivity index (χ2n) is 3.76. The van der Waals surface area contributed by atoms with Crippen LogP contribution in [0.2, 0.25) is 0 Å². The summed E-state index contributed by atoms with van der Waals surface area (Å²) in [5.74, 6) is 0. The highest BCUT2D eigenvalue weighted by molar-refractivity contribution is 5.24. The van der Waals surface area contributed by atoms with Gasteiger partial charge in [0.25, 0.3) is 0 Å². The van der Waals surface area contributed by atoms with Crippen molar-refractivity contribution in [2.75, 3.05) is 0 Å². The minimum absolute atomic E-state index is 0.805. The molecule has 2 nitrogen and oxygen atoms in total. The summed E-state index contributed by atoms with van der Waals surface area (Å²) in [5, 5.41) is 3.51. The van der Waals surface area contributed by atoms with E-state index in [2.05, 4.69) is 30.2 Å². The molecule has 0 atom stereocenters. The van der Waals surface area contributed by atoms with Crippen molar-refractivity contribution >= 4 is 0 Å². The van der Waals surface area contributed by atoms with Crippen molar-refractivity contribution in [2.45, 2.75) is 39.3 Å². The van der Waals surface area contributed by atoms with Crippen LogP contribution >= 0.6 is 0 Å². The van der Waals surface area contributed by atoms with Gasteiger partial charge in [-0.1, -0.05) is 0 Å². The van der Waals surface area contributed by atoms with Gasteiger partial charge in [0.15, 0.2) is 0 Å². The lowest BCUT2D eigenvalue weighted by atomic mass is 10.2. The number of aromatic amines is 1. The van der Waals surface area contributed by atoms with Gasteiger partial charge in [-0.25, -0.2) is 0 Å². The fourth-order valence-corrected chi connectivity index (χ4v) is 1.51. The van der Waals surface area contributed by atoms with Crippen molar-refractivity contribution in [1.29, 1.82) is 0 Å². The third kappa shape index (κ3) is 1.69. The summed E-state index contributed by atoms with van der Waals surface area (Å²) < 4.78 is 0. The molecule has 2 rings (SSSR count). The summed E-state index contributed by atoms with van der Waals surface area (Å²) in [6.07, 6.45) is 2.73. The fraction of sp³-hybridized carbons (Fsp3) is 0.600. The van der Waals surface area contributed by atoms with Gasteiger partial charge < -0.3 is 10.3 Å². The predicted octanol–water partition coefficient (Wildman–Crippen LogP) is 1.88. The van der Waals surface area contributed by atoms with Crippen LogP contribution in [0.1, 0.15) is 29.8 Å². The molecule has 1 aromatic heterocycles. The minimum Gasteiger partial charge on any atom is -0.362 e. The van der Waals surface area contributed by atoms with Gasteiger partial charge in [-0.3, -0.25) is 0 Å². The minimum atomic E-state index is 0.805. The first-order chi connectivity index (χ1) is 5.75. The second-order valence-corrected chi connectivity index (χ2v) is 3.76. The highest BCUT2D eigenvalue weighted by Crippen LogP contribution is 2.20. The molecule has 1 saturated carbocycles. The summed E-state index contributed by atoms with van der Waals surface area (Å²) in [6, 6.07) is 3.03. The molecule has 1 aromatic rings. The SMILES string of the molecule is Cc1cc(CNC2CC2)c(C)[nH]1. The number of hydrogen-bond donors (Lipinski definition) is 2. The molecule has 0 amide bonds. The maximum Gasteiger partial charge on any atom is 0.0225 e. The summed E-state index contributed by atoms with van der Waals surface area (Å²) in [4.78, 5) is 3.31. The van der Waals surface area contributed by atoms with E-state index in [0.717, 1.165) is 12.6 Å². The standard InChI is InChI=1S/C10H16N2/c1-7-5-9(8(2)12-7)6-11-10-3-4-10/h5,10-12H,3-4,6H2,1-2H3. The first kappa shape index (κ1) is 7.87. The highest BCUT2D eigenvalue weighted by atomic mass is 14.9. The maximum absolute atomic E-state index is 3.51. The Morgan fingerprint density at radius 2 is 2.25 bits per heavy atom. The molecular weight excluding hydrogens is 148 g/mol.